The maximum atomic E-state index is 11.8. The summed E-state index contributed by atoms with van der Waals surface area (Å²) in [6.07, 6.45) is 1.85. The van der Waals surface area contributed by atoms with Crippen molar-refractivity contribution in [3.8, 4) is 0 Å². The van der Waals surface area contributed by atoms with Crippen LogP contribution >= 0.6 is 0 Å². The first-order valence-corrected chi connectivity index (χ1v) is 7.01. The molecule has 1 amide bonds. The highest BCUT2D eigenvalue weighted by Gasteiger charge is 2.36. The number of hydrogen-bond acceptors (Lipinski definition) is 3. The maximum Gasteiger partial charge on any atom is 0.303 e. The van der Waals surface area contributed by atoms with Gasteiger partial charge in [-0.25, -0.2) is 0 Å². The van der Waals surface area contributed by atoms with Gasteiger partial charge in [0.05, 0.1) is 6.54 Å². The summed E-state index contributed by atoms with van der Waals surface area (Å²) in [4.78, 5) is 23.8. The number of carbonyl (C=O) groups is 2. The van der Waals surface area contributed by atoms with E-state index in [0.29, 0.717) is 24.8 Å². The normalized spacial score (nSPS) is 20.7. The fourth-order valence-corrected chi connectivity index (χ4v) is 2.30. The van der Waals surface area contributed by atoms with Crippen LogP contribution < -0.4 is 0 Å². The molecule has 1 N–H and O–H groups in total. The van der Waals surface area contributed by atoms with E-state index in [2.05, 4.69) is 6.92 Å². The molecule has 5 heteroatoms. The number of furan rings is 1. The molecule has 1 aliphatic rings. The summed E-state index contributed by atoms with van der Waals surface area (Å²) in [5.41, 5.74) is 0. The highest BCUT2D eigenvalue weighted by atomic mass is 16.4. The van der Waals surface area contributed by atoms with Gasteiger partial charge in [0.1, 0.15) is 11.5 Å². The summed E-state index contributed by atoms with van der Waals surface area (Å²) in [6.45, 7) is 2.64. The van der Waals surface area contributed by atoms with E-state index in [-0.39, 0.29) is 18.7 Å². The van der Waals surface area contributed by atoms with Crippen LogP contribution in [-0.4, -0.2) is 28.9 Å². The SMILES string of the molecule is CC1CC1c1ccc(CN(C)C(=O)CCCC(=O)O)o1. The second-order valence-electron chi connectivity index (χ2n) is 5.62. The van der Waals surface area contributed by atoms with Gasteiger partial charge in [-0.05, 0) is 30.9 Å². The Balaban J connectivity index is 1.78. The fourth-order valence-electron chi connectivity index (χ4n) is 2.30. The van der Waals surface area contributed by atoms with Crippen LogP contribution in [0.2, 0.25) is 0 Å². The van der Waals surface area contributed by atoms with Gasteiger partial charge in [0.2, 0.25) is 5.91 Å². The van der Waals surface area contributed by atoms with Crippen molar-refractivity contribution in [3.05, 3.63) is 23.7 Å². The average molecular weight is 279 g/mol. The van der Waals surface area contributed by atoms with Crippen molar-refractivity contribution in [1.82, 2.24) is 4.90 Å². The summed E-state index contributed by atoms with van der Waals surface area (Å²) in [7, 11) is 1.71. The van der Waals surface area contributed by atoms with Crippen LogP contribution in [0.15, 0.2) is 16.5 Å². The zero-order valence-corrected chi connectivity index (χ0v) is 12.0. The molecule has 1 heterocycles. The number of aliphatic carboxylic acids is 1. The predicted molar refractivity (Wildman–Crippen MR) is 73.2 cm³/mol. The lowest BCUT2D eigenvalue weighted by atomic mass is 10.2. The Morgan fingerprint density at radius 2 is 2.10 bits per heavy atom. The van der Waals surface area contributed by atoms with Crippen LogP contribution in [0.1, 0.15) is 50.0 Å². The molecule has 0 radical (unpaired) electrons. The van der Waals surface area contributed by atoms with E-state index in [9.17, 15) is 9.59 Å². The molecule has 1 aliphatic carbocycles. The van der Waals surface area contributed by atoms with Crippen LogP contribution in [0, 0.1) is 5.92 Å². The summed E-state index contributed by atoms with van der Waals surface area (Å²) >= 11 is 0. The van der Waals surface area contributed by atoms with E-state index in [1.807, 2.05) is 12.1 Å². The molecule has 5 nitrogen and oxygen atoms in total. The van der Waals surface area contributed by atoms with Crippen LogP contribution in [-0.2, 0) is 16.1 Å². The lowest BCUT2D eigenvalue weighted by molar-refractivity contribution is -0.137. The van der Waals surface area contributed by atoms with Crippen LogP contribution in [0.4, 0.5) is 0 Å². The van der Waals surface area contributed by atoms with Gasteiger partial charge in [0, 0.05) is 25.8 Å². The van der Waals surface area contributed by atoms with Gasteiger partial charge in [-0.15, -0.1) is 0 Å². The third-order valence-electron chi connectivity index (χ3n) is 3.76. The molecule has 2 unspecified atom stereocenters. The van der Waals surface area contributed by atoms with Crippen LogP contribution in [0.25, 0.3) is 0 Å². The monoisotopic (exact) mass is 279 g/mol. The Morgan fingerprint density at radius 1 is 1.40 bits per heavy atom. The van der Waals surface area contributed by atoms with Gasteiger partial charge in [0.15, 0.2) is 0 Å². The largest absolute Gasteiger partial charge is 0.481 e. The molecule has 0 aromatic carbocycles. The summed E-state index contributed by atoms with van der Waals surface area (Å²) in [5, 5.41) is 8.54. The number of carboxylic acids is 1. The zero-order chi connectivity index (χ0) is 14.7. The van der Waals surface area contributed by atoms with Gasteiger partial charge in [0.25, 0.3) is 0 Å². The molecule has 0 bridgehead atoms. The summed E-state index contributed by atoms with van der Waals surface area (Å²) in [5.74, 6) is 2.12. The quantitative estimate of drug-likeness (QED) is 0.833. The lowest BCUT2D eigenvalue weighted by Crippen LogP contribution is -2.25. The van der Waals surface area contributed by atoms with Crippen molar-refractivity contribution < 1.29 is 19.1 Å². The first-order valence-electron chi connectivity index (χ1n) is 7.01. The number of rotatable bonds is 7. The summed E-state index contributed by atoms with van der Waals surface area (Å²) in [6, 6.07) is 3.91. The first kappa shape index (κ1) is 14.6. The van der Waals surface area contributed by atoms with E-state index in [1.54, 1.807) is 11.9 Å². The maximum absolute atomic E-state index is 11.8. The van der Waals surface area contributed by atoms with Crippen LogP contribution in [0.5, 0.6) is 0 Å². The number of carboxylic acid groups (broad SMARTS) is 1. The lowest BCUT2D eigenvalue weighted by Gasteiger charge is -2.15. The highest BCUT2D eigenvalue weighted by molar-refractivity contribution is 5.76. The molecule has 2 atom stereocenters. The molecule has 110 valence electrons. The Hall–Kier alpha value is -1.78. The molecule has 0 saturated heterocycles. The predicted octanol–water partition coefficient (Wildman–Crippen LogP) is 2.62. The van der Waals surface area contributed by atoms with Gasteiger partial charge in [-0.1, -0.05) is 6.92 Å². The molecular weight excluding hydrogens is 258 g/mol. The Kier molecular flexibility index (Phi) is 4.47. The van der Waals surface area contributed by atoms with E-state index >= 15 is 0 Å². The number of carbonyl (C=O) groups excluding carboxylic acids is 1. The summed E-state index contributed by atoms with van der Waals surface area (Å²) < 4.78 is 5.75. The topological polar surface area (TPSA) is 70.8 Å². The van der Waals surface area contributed by atoms with Crippen molar-refractivity contribution in [2.45, 2.75) is 45.1 Å². The molecule has 0 spiro atoms. The molecule has 2 rings (SSSR count). The van der Waals surface area contributed by atoms with E-state index in [1.165, 1.54) is 6.42 Å². The van der Waals surface area contributed by atoms with Crippen molar-refractivity contribution in [1.29, 1.82) is 0 Å². The number of hydrogen-bond donors (Lipinski definition) is 1. The van der Waals surface area contributed by atoms with Crippen molar-refractivity contribution in [3.63, 3.8) is 0 Å². The molecule has 20 heavy (non-hydrogen) atoms. The second kappa shape index (κ2) is 6.11. The van der Waals surface area contributed by atoms with Crippen LogP contribution in [0.3, 0.4) is 0 Å². The third-order valence-corrected chi connectivity index (χ3v) is 3.76. The second-order valence-corrected chi connectivity index (χ2v) is 5.62. The van der Waals surface area contributed by atoms with Gasteiger partial charge >= 0.3 is 5.97 Å². The van der Waals surface area contributed by atoms with E-state index in [0.717, 1.165) is 11.5 Å². The fraction of sp³-hybridized carbons (Fsp3) is 0.600. The molecule has 1 aromatic heterocycles. The molecular formula is C15H21NO4. The minimum absolute atomic E-state index is 0.0318. The minimum Gasteiger partial charge on any atom is -0.481 e. The Morgan fingerprint density at radius 3 is 2.70 bits per heavy atom. The number of nitrogens with zero attached hydrogens (tertiary/aromatic N) is 1. The van der Waals surface area contributed by atoms with Gasteiger partial charge < -0.3 is 14.4 Å². The molecule has 0 aliphatic heterocycles. The average Bonchev–Trinajstić information content (AvgIpc) is 2.93. The Labute approximate surface area is 118 Å². The highest BCUT2D eigenvalue weighted by Crippen LogP contribution is 2.47. The molecule has 1 saturated carbocycles. The minimum atomic E-state index is -0.866. The van der Waals surface area contributed by atoms with E-state index < -0.39 is 5.97 Å². The van der Waals surface area contributed by atoms with Crippen molar-refractivity contribution >= 4 is 11.9 Å². The Bertz CT molecular complexity index is 494. The molecule has 1 fully saturated rings. The number of amides is 1. The standard InChI is InChI=1S/C15H21NO4/c1-10-8-12(10)13-7-6-11(20-13)9-16(2)14(17)4-3-5-15(18)19/h6-7,10,12H,3-5,8-9H2,1-2H3,(H,18,19). The van der Waals surface area contributed by atoms with E-state index in [4.69, 9.17) is 9.52 Å². The third kappa shape index (κ3) is 3.85. The zero-order valence-electron chi connectivity index (χ0n) is 12.0. The first-order chi connectivity index (χ1) is 9.47. The van der Waals surface area contributed by atoms with Crippen molar-refractivity contribution in [2.24, 2.45) is 5.92 Å². The van der Waals surface area contributed by atoms with Gasteiger partial charge in [-0.2, -0.15) is 0 Å². The van der Waals surface area contributed by atoms with Crippen molar-refractivity contribution in [2.75, 3.05) is 7.05 Å². The molecule has 1 aromatic rings. The smallest absolute Gasteiger partial charge is 0.303 e. The van der Waals surface area contributed by atoms with Gasteiger partial charge in [-0.3, -0.25) is 9.59 Å².